The molecule has 0 bridgehead atoms. The fourth-order valence-electron chi connectivity index (χ4n) is 16.0. The van der Waals surface area contributed by atoms with Gasteiger partial charge in [-0.2, -0.15) is 0 Å². The normalized spacial score (nSPS) is 11.0. The van der Waals surface area contributed by atoms with Crippen LogP contribution >= 0.6 is 0 Å². The zero-order valence-electron chi connectivity index (χ0n) is 66.8. The summed E-state index contributed by atoms with van der Waals surface area (Å²) in [6.45, 7) is 0. The van der Waals surface area contributed by atoms with Gasteiger partial charge in [0.05, 0.1) is 0 Å². The molecule has 0 amide bonds. The third kappa shape index (κ3) is 16.6. The Morgan fingerprint density at radius 2 is 0.336 bits per heavy atom. The van der Waals surface area contributed by atoms with Gasteiger partial charge in [-0.1, -0.05) is 303 Å². The third-order valence-electron chi connectivity index (χ3n) is 22.5. The number of hydrogen-bond acceptors (Lipinski definition) is 6. The topological polar surface area (TPSA) is 19.4 Å². The van der Waals surface area contributed by atoms with Crippen LogP contribution in [-0.2, 0) is 0 Å². The Bertz CT molecular complexity index is 6800. The second-order valence-electron chi connectivity index (χ2n) is 29.9. The van der Waals surface area contributed by atoms with Gasteiger partial charge < -0.3 is 29.4 Å². The maximum absolute atomic E-state index is 2.34. The van der Waals surface area contributed by atoms with Crippen molar-refractivity contribution in [1.82, 2.24) is 0 Å². The van der Waals surface area contributed by atoms with Gasteiger partial charge in [-0.25, -0.2) is 0 Å². The molecule has 0 unspecified atom stereocenters. The number of nitrogens with zero attached hydrogens (tertiary/aromatic N) is 6. The molecule has 20 rings (SSSR count). The first-order chi connectivity index (χ1) is 58.7. The Labute approximate surface area is 697 Å². The first kappa shape index (κ1) is 74.9. The van der Waals surface area contributed by atoms with E-state index in [1.807, 2.05) is 6.07 Å². The summed E-state index contributed by atoms with van der Waals surface area (Å²) in [6.07, 6.45) is 0. The minimum atomic E-state index is 1.11. The molecule has 0 aliphatic carbocycles. The molecule has 20 aromatic carbocycles. The first-order valence-electron chi connectivity index (χ1n) is 40.6. The molecule has 0 N–H and O–H groups in total. The highest BCUT2D eigenvalue weighted by Crippen LogP contribution is 2.44. The average molecular weight is 1530 g/mol. The van der Waals surface area contributed by atoms with Crippen LogP contribution in [0.15, 0.2) is 479 Å². The zero-order chi connectivity index (χ0) is 80.2. The van der Waals surface area contributed by atoms with Crippen LogP contribution in [-0.4, -0.2) is 21.1 Å². The summed E-state index contributed by atoms with van der Waals surface area (Å²) in [6, 6.07) is 171. The van der Waals surface area contributed by atoms with Crippen molar-refractivity contribution in [3.63, 3.8) is 0 Å². The molecule has 6 nitrogen and oxygen atoms in total. The maximum Gasteiger partial charge on any atom is 0.0487 e. The van der Waals surface area contributed by atoms with Crippen molar-refractivity contribution in [3.05, 3.63) is 479 Å². The van der Waals surface area contributed by atoms with E-state index in [1.165, 1.54) is 98.6 Å². The molecule has 119 heavy (non-hydrogen) atoms. The fourth-order valence-corrected chi connectivity index (χ4v) is 16.0. The van der Waals surface area contributed by atoms with E-state index in [4.69, 9.17) is 0 Å². The van der Waals surface area contributed by atoms with E-state index in [-0.39, 0.29) is 0 Å². The molecular weight excluding hydrogens is 1440 g/mol. The first-order valence-corrected chi connectivity index (χ1v) is 40.6. The van der Waals surface area contributed by atoms with Crippen LogP contribution in [0.3, 0.4) is 0 Å². The molecule has 0 atom stereocenters. The smallest absolute Gasteiger partial charge is 0.0487 e. The summed E-state index contributed by atoms with van der Waals surface area (Å²) >= 11 is 0. The molecule has 570 valence electrons. The van der Waals surface area contributed by atoms with Gasteiger partial charge in [-0.05, 0) is 258 Å². The predicted molar refractivity (Wildman–Crippen MR) is 511 cm³/mol. The van der Waals surface area contributed by atoms with E-state index >= 15 is 0 Å². The van der Waals surface area contributed by atoms with Gasteiger partial charge in [0, 0.05) is 112 Å². The van der Waals surface area contributed by atoms with Crippen LogP contribution in [0.25, 0.3) is 87.2 Å². The Balaban J connectivity index is 0.000000123. The van der Waals surface area contributed by atoms with Crippen molar-refractivity contribution in [2.45, 2.75) is 0 Å². The van der Waals surface area contributed by atoms with Crippen LogP contribution in [0.4, 0.5) is 85.3 Å². The SMILES string of the molecule is CN(c1ccc(N(c2ccc(-c3ccccc3)cc2)c2ccc3ccccc3c2)cc1)c1ccc2ccccc2c1.CN(c1ccc(N(c2ccc(-c3ccccc3)cc2)c2ccc3ccccc3c2)cc1)c1cccc2ccccc12.CN(c1ccccc1)c1ccc(N(c2ccc(-c3ccccc3)cc2)c2ccc3ccccc3c2)cc1. The van der Waals surface area contributed by atoms with Gasteiger partial charge in [0.1, 0.15) is 0 Å². The highest BCUT2D eigenvalue weighted by atomic mass is 15.2. The lowest BCUT2D eigenvalue weighted by Gasteiger charge is -2.27. The number of fused-ring (bicyclic) bond motifs is 5. The van der Waals surface area contributed by atoms with Gasteiger partial charge in [0.15, 0.2) is 0 Å². The second kappa shape index (κ2) is 34.7. The molecule has 0 aliphatic rings. The Morgan fingerprint density at radius 1 is 0.126 bits per heavy atom. The fraction of sp³-hybridized carbons (Fsp3) is 0.0265. The molecule has 6 heteroatoms. The molecule has 0 saturated heterocycles. The van der Waals surface area contributed by atoms with Crippen molar-refractivity contribution < 1.29 is 0 Å². The number of anilines is 15. The van der Waals surface area contributed by atoms with Gasteiger partial charge in [-0.3, -0.25) is 0 Å². The van der Waals surface area contributed by atoms with E-state index in [1.54, 1.807) is 0 Å². The summed E-state index contributed by atoms with van der Waals surface area (Å²) in [5.74, 6) is 0. The van der Waals surface area contributed by atoms with Crippen molar-refractivity contribution in [1.29, 1.82) is 0 Å². The lowest BCUT2D eigenvalue weighted by atomic mass is 10.0. The number of para-hydroxylation sites is 1. The maximum atomic E-state index is 2.34. The van der Waals surface area contributed by atoms with Crippen LogP contribution in [0.2, 0.25) is 0 Å². The Morgan fingerprint density at radius 3 is 0.672 bits per heavy atom. The summed E-state index contributed by atoms with van der Waals surface area (Å²) in [7, 11) is 6.37. The van der Waals surface area contributed by atoms with Gasteiger partial charge in [0.2, 0.25) is 0 Å². The standard InChI is InChI=1S/2C39H30N2.C35H28N2/c1-40(38-21-17-30-11-5-7-13-33(30)27-38)35-23-25-37(26-24-35)41(39-22-18-31-12-6-8-14-34(31)28-39)36-19-15-32(16-20-36)29-9-3-2-4-10-29;1-40(39-17-9-15-32-13-7-8-16-38(32)39)34-24-26-36(27-25-34)41(37-23-20-30-12-5-6-14-33(30)28-37)35-21-18-31(19-22-35)29-10-3-2-4-11-29;1-36(31-14-6-3-7-15-31)32-22-24-34(25-23-32)37(35-21-18-28-12-8-9-13-30(28)26-35)33-19-16-29(17-20-33)27-10-4-2-5-11-27/h2*2-28H,1H3;2-26H,1H3. The molecule has 0 radical (unpaired) electrons. The van der Waals surface area contributed by atoms with Crippen LogP contribution in [0, 0.1) is 0 Å². The molecular formula is C113H88N6. The van der Waals surface area contributed by atoms with Gasteiger partial charge in [-0.15, -0.1) is 0 Å². The van der Waals surface area contributed by atoms with Crippen molar-refractivity contribution in [2.75, 3.05) is 50.5 Å². The van der Waals surface area contributed by atoms with E-state index in [9.17, 15) is 0 Å². The van der Waals surface area contributed by atoms with Crippen molar-refractivity contribution >= 4 is 139 Å². The van der Waals surface area contributed by atoms with Crippen LogP contribution in [0.1, 0.15) is 0 Å². The molecule has 0 aromatic heterocycles. The minimum absolute atomic E-state index is 1.11. The largest absolute Gasteiger partial charge is 0.345 e. The Hall–Kier alpha value is -15.5. The van der Waals surface area contributed by atoms with Gasteiger partial charge >= 0.3 is 0 Å². The summed E-state index contributed by atoms with van der Waals surface area (Å²) in [4.78, 5) is 13.7. The highest BCUT2D eigenvalue weighted by Gasteiger charge is 2.20. The predicted octanol–water partition coefficient (Wildman–Crippen LogP) is 31.5. The summed E-state index contributed by atoms with van der Waals surface area (Å²) in [5, 5.41) is 12.4. The third-order valence-corrected chi connectivity index (χ3v) is 22.5. The monoisotopic (exact) mass is 1530 g/mol. The Kier molecular flexibility index (Phi) is 21.8. The molecule has 0 spiro atoms. The number of benzene rings is 20. The van der Waals surface area contributed by atoms with E-state index < -0.39 is 0 Å². The highest BCUT2D eigenvalue weighted by molar-refractivity contribution is 5.98. The molecule has 0 heterocycles. The van der Waals surface area contributed by atoms with E-state index in [0.29, 0.717) is 0 Å². The molecule has 0 aliphatic heterocycles. The lowest BCUT2D eigenvalue weighted by molar-refractivity contribution is 1.20. The summed E-state index contributed by atoms with van der Waals surface area (Å²) < 4.78 is 0. The second-order valence-corrected chi connectivity index (χ2v) is 29.9. The lowest BCUT2D eigenvalue weighted by Crippen LogP contribution is -2.12. The van der Waals surface area contributed by atoms with E-state index in [2.05, 4.69) is 524 Å². The number of rotatable bonds is 18. The average Bonchev–Trinajstić information content (AvgIpc) is 0.791. The number of hydrogen-bond donors (Lipinski definition) is 0. The van der Waals surface area contributed by atoms with Crippen molar-refractivity contribution in [2.24, 2.45) is 0 Å². The van der Waals surface area contributed by atoms with E-state index in [0.717, 1.165) is 73.9 Å². The molecule has 20 aromatic rings. The van der Waals surface area contributed by atoms with Crippen LogP contribution in [0.5, 0.6) is 0 Å². The zero-order valence-corrected chi connectivity index (χ0v) is 66.8. The summed E-state index contributed by atoms with van der Waals surface area (Å²) in [5.41, 5.74) is 24.4. The minimum Gasteiger partial charge on any atom is -0.345 e. The van der Waals surface area contributed by atoms with Crippen molar-refractivity contribution in [3.8, 4) is 33.4 Å². The molecule has 0 fully saturated rings. The molecule has 0 saturated carbocycles. The van der Waals surface area contributed by atoms with Gasteiger partial charge in [0.25, 0.3) is 0 Å². The van der Waals surface area contributed by atoms with Crippen LogP contribution < -0.4 is 29.4 Å². The quantitative estimate of drug-likeness (QED) is 0.0847.